The van der Waals surface area contributed by atoms with Gasteiger partial charge in [-0.05, 0) is 49.4 Å². The van der Waals surface area contributed by atoms with Gasteiger partial charge in [-0.15, -0.1) is 0 Å². The number of aliphatic carboxylic acids is 1. The number of esters is 1. The molecule has 0 saturated carbocycles. The molecule has 0 radical (unpaired) electrons. The number of halogens is 2. The Hall–Kier alpha value is -3.21. The second-order valence-corrected chi connectivity index (χ2v) is 8.27. The zero-order valence-corrected chi connectivity index (χ0v) is 18.9. The molecule has 0 spiro atoms. The molecule has 0 aliphatic heterocycles. The van der Waals surface area contributed by atoms with E-state index < -0.39 is 53.7 Å². The van der Waals surface area contributed by atoms with Gasteiger partial charge in [0.2, 0.25) is 5.91 Å². The van der Waals surface area contributed by atoms with E-state index in [0.29, 0.717) is 11.8 Å². The number of carbonyl (C=O) groups excluding carboxylic acids is 3. The monoisotopic (exact) mass is 483 g/mol. The maximum atomic E-state index is 14.3. The average Bonchev–Trinajstić information content (AvgIpc) is 2.70. The van der Waals surface area contributed by atoms with Gasteiger partial charge in [0.15, 0.2) is 0 Å². The third-order valence-electron chi connectivity index (χ3n) is 4.23. The Labute approximate surface area is 193 Å². The molecule has 0 bridgehead atoms. The maximum Gasteiger partial charge on any atom is 0.372 e. The molecule has 0 saturated heterocycles. The minimum atomic E-state index is -1.44. The molecule has 11 heteroatoms. The summed E-state index contributed by atoms with van der Waals surface area (Å²) in [5.74, 6) is -3.93. The SMILES string of the molecule is CC(=O)N[C@@H](CSC(=O)Oc1ccc(C2=C(F)CC(F)C=C2)cc1C(=O)OC(C)C)C(=O)O. The average molecular weight is 483 g/mol. The van der Waals surface area contributed by atoms with Crippen molar-refractivity contribution in [3.63, 3.8) is 0 Å². The molecule has 33 heavy (non-hydrogen) atoms. The molecule has 1 amide bonds. The van der Waals surface area contributed by atoms with E-state index in [1.54, 1.807) is 13.8 Å². The van der Waals surface area contributed by atoms with Gasteiger partial charge in [-0.3, -0.25) is 4.79 Å². The normalized spacial score (nSPS) is 16.4. The lowest BCUT2D eigenvalue weighted by Gasteiger charge is -2.16. The molecule has 2 N–H and O–H groups in total. The standard InChI is InChI=1S/C22H23F2NO7S/c1-11(2)31-21(29)16-8-13(15-6-5-14(23)9-17(15)24)4-7-19(16)32-22(30)33-10-18(20(27)28)25-12(3)26/h4-8,11,14,18H,9-10H2,1-3H3,(H,25,26)(H,27,28)/t14?,18-/m0/s1. The first-order chi connectivity index (χ1) is 15.5. The molecule has 2 atom stereocenters. The van der Waals surface area contributed by atoms with Gasteiger partial charge in [0.25, 0.3) is 0 Å². The number of carbonyl (C=O) groups is 4. The van der Waals surface area contributed by atoms with E-state index in [1.807, 2.05) is 0 Å². The number of nitrogens with one attached hydrogen (secondary N) is 1. The predicted octanol–water partition coefficient (Wildman–Crippen LogP) is 4.05. The van der Waals surface area contributed by atoms with Crippen molar-refractivity contribution in [1.82, 2.24) is 5.32 Å². The van der Waals surface area contributed by atoms with Crippen LogP contribution in [-0.2, 0) is 14.3 Å². The first-order valence-corrected chi connectivity index (χ1v) is 10.9. The van der Waals surface area contributed by atoms with Crippen molar-refractivity contribution in [3.8, 4) is 5.75 Å². The number of rotatable bonds is 8. The Bertz CT molecular complexity index is 1010. The van der Waals surface area contributed by atoms with Gasteiger partial charge in [0.05, 0.1) is 6.10 Å². The third-order valence-corrected chi connectivity index (χ3v) is 5.05. The molecule has 178 valence electrons. The van der Waals surface area contributed by atoms with Crippen molar-refractivity contribution in [2.45, 2.75) is 45.5 Å². The highest BCUT2D eigenvalue weighted by Gasteiger charge is 2.24. The lowest BCUT2D eigenvalue weighted by molar-refractivity contribution is -0.140. The fourth-order valence-corrected chi connectivity index (χ4v) is 3.48. The molecular weight excluding hydrogens is 460 g/mol. The van der Waals surface area contributed by atoms with Crippen molar-refractivity contribution < 1.29 is 42.5 Å². The minimum Gasteiger partial charge on any atom is -0.480 e. The van der Waals surface area contributed by atoms with E-state index in [4.69, 9.17) is 14.6 Å². The second kappa shape index (κ2) is 11.6. The first kappa shape index (κ1) is 26.0. The van der Waals surface area contributed by atoms with E-state index in [-0.39, 0.29) is 28.2 Å². The Morgan fingerprint density at radius 3 is 2.55 bits per heavy atom. The number of hydrogen-bond acceptors (Lipinski definition) is 7. The highest BCUT2D eigenvalue weighted by atomic mass is 32.2. The van der Waals surface area contributed by atoms with Gasteiger partial charge in [0, 0.05) is 24.7 Å². The van der Waals surface area contributed by atoms with Gasteiger partial charge in [0.1, 0.15) is 29.4 Å². The molecular formula is C22H23F2NO7S. The van der Waals surface area contributed by atoms with Crippen LogP contribution in [0.3, 0.4) is 0 Å². The van der Waals surface area contributed by atoms with Crippen LogP contribution in [0.2, 0.25) is 0 Å². The zero-order chi connectivity index (χ0) is 24.7. The Morgan fingerprint density at radius 1 is 1.27 bits per heavy atom. The molecule has 1 aromatic rings. The van der Waals surface area contributed by atoms with Crippen LogP contribution in [0, 0.1) is 0 Å². The molecule has 1 aliphatic rings. The molecule has 0 aromatic heterocycles. The summed E-state index contributed by atoms with van der Waals surface area (Å²) >= 11 is 0.486. The summed E-state index contributed by atoms with van der Waals surface area (Å²) in [5.41, 5.74) is 0.188. The number of carboxylic acid groups (broad SMARTS) is 1. The van der Waals surface area contributed by atoms with E-state index in [2.05, 4.69) is 5.32 Å². The van der Waals surface area contributed by atoms with Crippen LogP contribution in [0.15, 0.2) is 36.2 Å². The van der Waals surface area contributed by atoms with Crippen LogP contribution in [-0.4, -0.2) is 52.3 Å². The maximum absolute atomic E-state index is 14.3. The highest BCUT2D eigenvalue weighted by Crippen LogP contribution is 2.33. The van der Waals surface area contributed by atoms with Crippen molar-refractivity contribution in [2.24, 2.45) is 0 Å². The van der Waals surface area contributed by atoms with Crippen molar-refractivity contribution in [3.05, 3.63) is 47.3 Å². The Morgan fingerprint density at radius 2 is 1.97 bits per heavy atom. The number of carboxylic acids is 1. The topological polar surface area (TPSA) is 119 Å². The lowest BCUT2D eigenvalue weighted by Crippen LogP contribution is -2.41. The summed E-state index contributed by atoms with van der Waals surface area (Å²) in [6, 6.07) is 2.62. The molecule has 1 unspecified atom stereocenters. The summed E-state index contributed by atoms with van der Waals surface area (Å²) in [6.07, 6.45) is 0.105. The number of hydrogen-bond donors (Lipinski definition) is 2. The lowest BCUT2D eigenvalue weighted by atomic mass is 9.96. The number of ether oxygens (including phenoxy) is 2. The van der Waals surface area contributed by atoms with Gasteiger partial charge < -0.3 is 19.9 Å². The number of allylic oxidation sites excluding steroid dienone is 4. The van der Waals surface area contributed by atoms with Crippen LogP contribution in [0.25, 0.3) is 5.57 Å². The predicted molar refractivity (Wildman–Crippen MR) is 117 cm³/mol. The van der Waals surface area contributed by atoms with E-state index in [0.717, 1.165) is 6.92 Å². The molecule has 2 rings (SSSR count). The largest absolute Gasteiger partial charge is 0.480 e. The zero-order valence-electron chi connectivity index (χ0n) is 18.1. The summed E-state index contributed by atoms with van der Waals surface area (Å²) < 4.78 is 38.0. The summed E-state index contributed by atoms with van der Waals surface area (Å²) in [5, 5.41) is 10.4. The van der Waals surface area contributed by atoms with E-state index >= 15 is 0 Å². The Balaban J connectivity index is 2.26. The first-order valence-electron chi connectivity index (χ1n) is 9.88. The quantitative estimate of drug-likeness (QED) is 0.532. The fraction of sp³-hybridized carbons (Fsp3) is 0.364. The highest BCUT2D eigenvalue weighted by molar-refractivity contribution is 8.13. The summed E-state index contributed by atoms with van der Waals surface area (Å²) in [4.78, 5) is 47.1. The number of alkyl halides is 1. The van der Waals surface area contributed by atoms with Crippen LogP contribution in [0.4, 0.5) is 13.6 Å². The van der Waals surface area contributed by atoms with Gasteiger partial charge in [-0.2, -0.15) is 0 Å². The smallest absolute Gasteiger partial charge is 0.372 e. The number of amides is 1. The number of thioether (sulfide) groups is 1. The molecule has 0 heterocycles. The van der Waals surface area contributed by atoms with E-state index in [9.17, 15) is 28.0 Å². The molecule has 8 nitrogen and oxygen atoms in total. The van der Waals surface area contributed by atoms with Crippen LogP contribution in [0.1, 0.15) is 43.1 Å². The van der Waals surface area contributed by atoms with Crippen molar-refractivity contribution >= 4 is 40.5 Å². The van der Waals surface area contributed by atoms with E-state index in [1.165, 1.54) is 30.4 Å². The van der Waals surface area contributed by atoms with Crippen LogP contribution >= 0.6 is 11.8 Å². The molecule has 1 aromatic carbocycles. The summed E-state index contributed by atoms with van der Waals surface area (Å²) in [6.45, 7) is 4.37. The molecule has 1 aliphatic carbocycles. The fourth-order valence-electron chi connectivity index (χ4n) is 2.81. The van der Waals surface area contributed by atoms with Crippen molar-refractivity contribution in [2.75, 3.05) is 5.75 Å². The van der Waals surface area contributed by atoms with Gasteiger partial charge in [-0.25, -0.2) is 23.2 Å². The molecule has 0 fully saturated rings. The van der Waals surface area contributed by atoms with Crippen LogP contribution < -0.4 is 10.1 Å². The second-order valence-electron chi connectivity index (χ2n) is 7.32. The summed E-state index contributed by atoms with van der Waals surface area (Å²) in [7, 11) is 0. The van der Waals surface area contributed by atoms with Crippen LogP contribution in [0.5, 0.6) is 5.75 Å². The van der Waals surface area contributed by atoms with Crippen molar-refractivity contribution in [1.29, 1.82) is 0 Å². The van der Waals surface area contributed by atoms with Gasteiger partial charge >= 0.3 is 17.2 Å². The number of benzene rings is 1. The minimum absolute atomic E-state index is 0.0920. The third kappa shape index (κ3) is 7.70. The van der Waals surface area contributed by atoms with Gasteiger partial charge in [-0.1, -0.05) is 12.1 Å². The Kier molecular flexibility index (Phi) is 9.15.